The highest BCUT2D eigenvalue weighted by Gasteiger charge is 2.28. The number of hydrogen-bond donors (Lipinski definition) is 1. The zero-order valence-corrected chi connectivity index (χ0v) is 15.0. The maximum absolute atomic E-state index is 13.4. The number of fused-ring (bicyclic) bond motifs is 1. The summed E-state index contributed by atoms with van der Waals surface area (Å²) in [6.45, 7) is 8.22. The van der Waals surface area contributed by atoms with Gasteiger partial charge in [-0.15, -0.1) is 0 Å². The van der Waals surface area contributed by atoms with Crippen LogP contribution in [0.3, 0.4) is 0 Å². The number of ketones is 1. The summed E-state index contributed by atoms with van der Waals surface area (Å²) in [5.41, 5.74) is 6.47. The average molecular weight is 338 g/mol. The van der Waals surface area contributed by atoms with Crippen molar-refractivity contribution < 1.29 is 19.4 Å². The molecule has 2 aromatic carbocycles. The van der Waals surface area contributed by atoms with Crippen LogP contribution in [0.15, 0.2) is 18.2 Å². The third-order valence-corrected chi connectivity index (χ3v) is 4.81. The van der Waals surface area contributed by atoms with Crippen molar-refractivity contribution in [3.05, 3.63) is 62.7 Å². The number of carboxylic acids is 1. The third kappa shape index (κ3) is 3.04. The summed E-state index contributed by atoms with van der Waals surface area (Å²) in [5.74, 6) is -0.364. The van der Waals surface area contributed by atoms with Crippen molar-refractivity contribution in [2.24, 2.45) is 0 Å². The zero-order chi connectivity index (χ0) is 18.3. The molecule has 0 radical (unpaired) electrons. The molecule has 0 aliphatic carbocycles. The molecule has 25 heavy (non-hydrogen) atoms. The molecule has 0 amide bonds. The Morgan fingerprint density at radius 2 is 1.68 bits per heavy atom. The van der Waals surface area contributed by atoms with Gasteiger partial charge in [0.1, 0.15) is 5.75 Å². The van der Waals surface area contributed by atoms with Crippen molar-refractivity contribution in [1.29, 1.82) is 0 Å². The number of benzene rings is 2. The lowest BCUT2D eigenvalue weighted by atomic mass is 9.87. The number of carbonyl (C=O) groups is 2. The van der Waals surface area contributed by atoms with Crippen LogP contribution in [0.5, 0.6) is 5.75 Å². The molecule has 1 aliphatic heterocycles. The number of ether oxygens (including phenoxy) is 1. The number of rotatable bonds is 4. The second-order valence-electron chi connectivity index (χ2n) is 6.80. The molecule has 130 valence electrons. The van der Waals surface area contributed by atoms with E-state index in [-0.39, 0.29) is 12.2 Å². The lowest BCUT2D eigenvalue weighted by Crippen LogP contribution is -2.13. The summed E-state index contributed by atoms with van der Waals surface area (Å²) in [5, 5.41) is 9.19. The third-order valence-electron chi connectivity index (χ3n) is 4.81. The van der Waals surface area contributed by atoms with Crippen LogP contribution in [0.1, 0.15) is 49.3 Å². The molecule has 0 saturated heterocycles. The van der Waals surface area contributed by atoms with Crippen molar-refractivity contribution in [3.63, 3.8) is 0 Å². The predicted molar refractivity (Wildman–Crippen MR) is 95.8 cm³/mol. The molecule has 0 bridgehead atoms. The first kappa shape index (κ1) is 17.2. The molecule has 1 aliphatic rings. The van der Waals surface area contributed by atoms with Crippen LogP contribution in [-0.2, 0) is 17.6 Å². The highest BCUT2D eigenvalue weighted by molar-refractivity contribution is 6.14. The molecule has 4 nitrogen and oxygen atoms in total. The first-order valence-electron chi connectivity index (χ1n) is 8.42. The van der Waals surface area contributed by atoms with E-state index in [9.17, 15) is 14.7 Å². The van der Waals surface area contributed by atoms with Gasteiger partial charge in [0.05, 0.1) is 18.6 Å². The van der Waals surface area contributed by atoms with Crippen molar-refractivity contribution in [2.45, 2.75) is 40.5 Å². The second kappa shape index (κ2) is 6.36. The highest BCUT2D eigenvalue weighted by Crippen LogP contribution is 2.37. The van der Waals surface area contributed by atoms with Crippen LogP contribution in [0.25, 0.3) is 0 Å². The smallest absolute Gasteiger partial charge is 0.307 e. The summed E-state index contributed by atoms with van der Waals surface area (Å²) in [7, 11) is 0. The van der Waals surface area contributed by atoms with Gasteiger partial charge in [-0.25, -0.2) is 0 Å². The predicted octanol–water partition coefficient (Wildman–Crippen LogP) is 3.71. The van der Waals surface area contributed by atoms with Gasteiger partial charge < -0.3 is 9.84 Å². The quantitative estimate of drug-likeness (QED) is 0.863. The van der Waals surface area contributed by atoms with E-state index >= 15 is 0 Å². The number of hydrogen-bond acceptors (Lipinski definition) is 3. The van der Waals surface area contributed by atoms with Gasteiger partial charge in [-0.3, -0.25) is 9.59 Å². The Morgan fingerprint density at radius 1 is 1.04 bits per heavy atom. The SMILES string of the molecule is Cc1cc(C)c(C(=O)c2c(C)c(CC(=O)O)cc3c2OCC3)c(C)c1. The Labute approximate surface area is 147 Å². The van der Waals surface area contributed by atoms with Gasteiger partial charge >= 0.3 is 5.97 Å². The van der Waals surface area contributed by atoms with Crippen LogP contribution in [-0.4, -0.2) is 23.5 Å². The van der Waals surface area contributed by atoms with Gasteiger partial charge in [0, 0.05) is 12.0 Å². The van der Waals surface area contributed by atoms with E-state index in [1.54, 1.807) is 0 Å². The fourth-order valence-corrected chi connectivity index (χ4v) is 3.77. The van der Waals surface area contributed by atoms with Crippen molar-refractivity contribution in [3.8, 4) is 5.75 Å². The second-order valence-corrected chi connectivity index (χ2v) is 6.80. The van der Waals surface area contributed by atoms with Crippen molar-refractivity contribution in [1.82, 2.24) is 0 Å². The van der Waals surface area contributed by atoms with E-state index in [1.165, 1.54) is 0 Å². The minimum atomic E-state index is -0.900. The molecule has 1 N–H and O–H groups in total. The van der Waals surface area contributed by atoms with Crippen LogP contribution in [0.4, 0.5) is 0 Å². The van der Waals surface area contributed by atoms with Gasteiger partial charge in [-0.2, -0.15) is 0 Å². The van der Waals surface area contributed by atoms with Crippen LogP contribution in [0, 0.1) is 27.7 Å². The summed E-state index contributed by atoms with van der Waals surface area (Å²) in [6.07, 6.45) is 0.611. The Morgan fingerprint density at radius 3 is 2.28 bits per heavy atom. The van der Waals surface area contributed by atoms with Crippen molar-refractivity contribution in [2.75, 3.05) is 6.61 Å². The average Bonchev–Trinajstić information content (AvgIpc) is 2.93. The van der Waals surface area contributed by atoms with Crippen LogP contribution >= 0.6 is 0 Å². The van der Waals surface area contributed by atoms with Crippen LogP contribution < -0.4 is 4.74 Å². The number of carbonyl (C=O) groups excluding carboxylic acids is 1. The van der Waals surface area contributed by atoms with Gasteiger partial charge in [0.2, 0.25) is 0 Å². The van der Waals surface area contributed by atoms with E-state index in [1.807, 2.05) is 45.9 Å². The van der Waals surface area contributed by atoms with E-state index < -0.39 is 5.97 Å². The molecule has 0 atom stereocenters. The minimum Gasteiger partial charge on any atom is -0.492 e. The summed E-state index contributed by atoms with van der Waals surface area (Å²) in [6, 6.07) is 5.87. The van der Waals surface area contributed by atoms with Gasteiger partial charge in [0.15, 0.2) is 5.78 Å². The van der Waals surface area contributed by atoms with E-state index in [2.05, 4.69) is 0 Å². The highest BCUT2D eigenvalue weighted by atomic mass is 16.5. The summed E-state index contributed by atoms with van der Waals surface area (Å²) < 4.78 is 5.75. The number of carboxylic acid groups (broad SMARTS) is 1. The minimum absolute atomic E-state index is 0.0853. The standard InChI is InChI=1S/C21H22O4/c1-11-7-12(2)18(13(3)8-11)20(24)19-14(4)16(10-17(22)23)9-15-5-6-25-21(15)19/h7-9H,5-6,10H2,1-4H3,(H,22,23). The molecule has 0 spiro atoms. The molecular formula is C21H22O4. The van der Waals surface area contributed by atoms with Crippen molar-refractivity contribution >= 4 is 11.8 Å². The Balaban J connectivity index is 2.22. The molecule has 4 heteroatoms. The molecule has 0 unspecified atom stereocenters. The fourth-order valence-electron chi connectivity index (χ4n) is 3.77. The molecular weight excluding hydrogens is 316 g/mol. The lowest BCUT2D eigenvalue weighted by Gasteiger charge is -2.17. The molecule has 2 aromatic rings. The van der Waals surface area contributed by atoms with E-state index in [4.69, 9.17) is 4.74 Å². The molecule has 0 saturated carbocycles. The Bertz CT molecular complexity index is 870. The van der Waals surface area contributed by atoms with Gasteiger partial charge in [-0.05, 0) is 55.5 Å². The lowest BCUT2D eigenvalue weighted by molar-refractivity contribution is -0.136. The first-order valence-corrected chi connectivity index (χ1v) is 8.42. The summed E-state index contributed by atoms with van der Waals surface area (Å²) >= 11 is 0. The molecule has 1 heterocycles. The topological polar surface area (TPSA) is 63.6 Å². The maximum atomic E-state index is 13.4. The molecule has 0 fully saturated rings. The van der Waals surface area contributed by atoms with Gasteiger partial charge in [-0.1, -0.05) is 23.8 Å². The Kier molecular flexibility index (Phi) is 4.38. The van der Waals surface area contributed by atoms with Crippen LogP contribution in [0.2, 0.25) is 0 Å². The number of aliphatic carboxylic acids is 1. The molecule has 0 aromatic heterocycles. The largest absolute Gasteiger partial charge is 0.492 e. The fraction of sp³-hybridized carbons (Fsp3) is 0.333. The zero-order valence-electron chi connectivity index (χ0n) is 15.0. The van der Waals surface area contributed by atoms with Gasteiger partial charge in [0.25, 0.3) is 0 Å². The Hall–Kier alpha value is -2.62. The number of aryl methyl sites for hydroxylation is 3. The molecule has 3 rings (SSSR count). The maximum Gasteiger partial charge on any atom is 0.307 e. The van der Waals surface area contributed by atoms with E-state index in [0.29, 0.717) is 41.0 Å². The first-order chi connectivity index (χ1) is 11.8. The van der Waals surface area contributed by atoms with E-state index in [0.717, 1.165) is 22.3 Å². The monoisotopic (exact) mass is 338 g/mol. The summed E-state index contributed by atoms with van der Waals surface area (Å²) in [4.78, 5) is 24.6. The normalized spacial score (nSPS) is 12.6.